The van der Waals surface area contributed by atoms with E-state index in [2.05, 4.69) is 5.32 Å². The van der Waals surface area contributed by atoms with Crippen molar-refractivity contribution >= 4 is 38.9 Å². The zero-order chi connectivity index (χ0) is 20.2. The first-order valence-corrected chi connectivity index (χ1v) is 11.2. The molecule has 0 aliphatic carbocycles. The van der Waals surface area contributed by atoms with Crippen LogP contribution in [-0.2, 0) is 19.4 Å². The van der Waals surface area contributed by atoms with Gasteiger partial charge >= 0.3 is 0 Å². The smallest absolute Gasteiger partial charge is 0.279 e. The third-order valence-electron chi connectivity index (χ3n) is 4.94. The predicted octanol–water partition coefficient (Wildman–Crippen LogP) is 0.137. The molecule has 7 nitrogen and oxygen atoms in total. The third kappa shape index (κ3) is 6.19. The van der Waals surface area contributed by atoms with Gasteiger partial charge in [0.05, 0.1) is 18.1 Å². The van der Waals surface area contributed by atoms with Crippen molar-refractivity contribution in [1.82, 2.24) is 4.90 Å². The molecule has 1 aliphatic heterocycles. The van der Waals surface area contributed by atoms with Gasteiger partial charge in [-0.2, -0.15) is 0 Å². The van der Waals surface area contributed by atoms with Crippen molar-refractivity contribution in [2.75, 3.05) is 43.5 Å². The number of quaternary nitrogens is 1. The predicted molar refractivity (Wildman–Crippen MR) is 106 cm³/mol. The number of benzene rings is 1. The van der Waals surface area contributed by atoms with Gasteiger partial charge in [-0.15, -0.1) is 0 Å². The lowest BCUT2D eigenvalue weighted by Crippen LogP contribution is -3.14. The topological polar surface area (TPSA) is 88.0 Å². The lowest BCUT2D eigenvalue weighted by atomic mass is 10.2. The number of sulfone groups is 1. The number of carbonyl (C=O) groups excluding carboxylic acids is 2. The molecule has 9 heteroatoms. The molecule has 0 radical (unpaired) electrons. The Balaban J connectivity index is 1.91. The lowest BCUT2D eigenvalue weighted by Gasteiger charge is -2.25. The molecule has 2 atom stereocenters. The molecule has 1 saturated heterocycles. The van der Waals surface area contributed by atoms with Crippen molar-refractivity contribution in [2.24, 2.45) is 0 Å². The number of aryl methyl sites for hydroxylation is 1. The van der Waals surface area contributed by atoms with Gasteiger partial charge in [0.25, 0.3) is 11.8 Å². The SMILES string of the molecule is CC[NH+](CC(=O)Nc1cc(Cl)ccc1C)CC(=O)N(C)[C@H]1CCS(=O)(=O)C1. The largest absolute Gasteiger partial charge is 0.337 e. The molecule has 0 spiro atoms. The van der Waals surface area contributed by atoms with Crippen LogP contribution in [0.5, 0.6) is 0 Å². The normalized spacial score (nSPS) is 19.5. The molecule has 0 bridgehead atoms. The molecule has 1 fully saturated rings. The highest BCUT2D eigenvalue weighted by molar-refractivity contribution is 7.91. The fourth-order valence-electron chi connectivity index (χ4n) is 3.09. The van der Waals surface area contributed by atoms with E-state index >= 15 is 0 Å². The van der Waals surface area contributed by atoms with E-state index in [-0.39, 0.29) is 42.5 Å². The maximum absolute atomic E-state index is 12.5. The minimum absolute atomic E-state index is 0.0191. The Labute approximate surface area is 165 Å². The minimum Gasteiger partial charge on any atom is -0.337 e. The maximum Gasteiger partial charge on any atom is 0.279 e. The van der Waals surface area contributed by atoms with E-state index in [0.29, 0.717) is 23.7 Å². The van der Waals surface area contributed by atoms with E-state index in [4.69, 9.17) is 11.6 Å². The Morgan fingerprint density at radius 1 is 1.33 bits per heavy atom. The molecule has 1 aliphatic rings. The highest BCUT2D eigenvalue weighted by atomic mass is 35.5. The number of amides is 2. The quantitative estimate of drug-likeness (QED) is 0.661. The molecule has 2 rings (SSSR count). The number of halogens is 1. The molecule has 1 heterocycles. The van der Waals surface area contributed by atoms with Crippen LogP contribution < -0.4 is 10.2 Å². The summed E-state index contributed by atoms with van der Waals surface area (Å²) in [4.78, 5) is 27.2. The summed E-state index contributed by atoms with van der Waals surface area (Å²) in [5.41, 5.74) is 1.56. The maximum atomic E-state index is 12.5. The van der Waals surface area contributed by atoms with Crippen LogP contribution in [-0.4, -0.2) is 69.4 Å². The first kappa shape index (κ1) is 21.7. The summed E-state index contributed by atoms with van der Waals surface area (Å²) in [6, 6.07) is 5.01. The lowest BCUT2D eigenvalue weighted by molar-refractivity contribution is -0.882. The number of carbonyl (C=O) groups is 2. The Morgan fingerprint density at radius 3 is 2.63 bits per heavy atom. The van der Waals surface area contributed by atoms with Crippen LogP contribution in [0.25, 0.3) is 0 Å². The van der Waals surface area contributed by atoms with Crippen LogP contribution in [0.4, 0.5) is 5.69 Å². The summed E-state index contributed by atoms with van der Waals surface area (Å²) in [7, 11) is -1.41. The van der Waals surface area contributed by atoms with Crippen LogP contribution in [0.3, 0.4) is 0 Å². The van der Waals surface area contributed by atoms with Crippen molar-refractivity contribution < 1.29 is 22.9 Å². The van der Waals surface area contributed by atoms with E-state index in [1.807, 2.05) is 19.9 Å². The van der Waals surface area contributed by atoms with E-state index < -0.39 is 9.84 Å². The summed E-state index contributed by atoms with van der Waals surface area (Å²) in [5.74, 6) is -0.205. The molecule has 150 valence electrons. The summed E-state index contributed by atoms with van der Waals surface area (Å²) in [6.07, 6.45) is 0.473. The Kier molecular flexibility index (Phi) is 7.25. The van der Waals surface area contributed by atoms with Crippen LogP contribution in [0.15, 0.2) is 18.2 Å². The standard InChI is InChI=1S/C18H26ClN3O4S/c1-4-22(10-17(23)20-16-9-14(19)6-5-13(16)2)11-18(24)21(3)15-7-8-27(25,26)12-15/h5-6,9,15H,4,7-8,10-12H2,1-3H3,(H,20,23)/p+1/t15-/m0/s1. The van der Waals surface area contributed by atoms with Crippen molar-refractivity contribution in [3.05, 3.63) is 28.8 Å². The molecular weight excluding hydrogens is 390 g/mol. The molecule has 1 aromatic rings. The molecule has 1 aromatic carbocycles. The van der Waals surface area contributed by atoms with E-state index in [1.54, 1.807) is 19.2 Å². The van der Waals surface area contributed by atoms with Crippen LogP contribution >= 0.6 is 11.6 Å². The van der Waals surface area contributed by atoms with E-state index in [1.165, 1.54) is 4.90 Å². The Bertz CT molecular complexity index is 813. The van der Waals surface area contributed by atoms with Gasteiger partial charge in [-0.3, -0.25) is 9.59 Å². The summed E-state index contributed by atoms with van der Waals surface area (Å²) in [5, 5.41) is 3.38. The summed E-state index contributed by atoms with van der Waals surface area (Å²) >= 11 is 5.97. The van der Waals surface area contributed by atoms with Crippen molar-refractivity contribution in [1.29, 1.82) is 0 Å². The number of anilines is 1. The fourth-order valence-corrected chi connectivity index (χ4v) is 5.03. The van der Waals surface area contributed by atoms with E-state index in [9.17, 15) is 18.0 Å². The zero-order valence-corrected chi connectivity index (χ0v) is 17.5. The fraction of sp³-hybridized carbons (Fsp3) is 0.556. The first-order valence-electron chi connectivity index (χ1n) is 8.97. The molecule has 1 unspecified atom stereocenters. The molecular formula is C18H27ClN3O4S+. The third-order valence-corrected chi connectivity index (χ3v) is 6.92. The molecule has 2 amide bonds. The molecule has 2 N–H and O–H groups in total. The van der Waals surface area contributed by atoms with Crippen LogP contribution in [0.1, 0.15) is 18.9 Å². The number of rotatable bonds is 7. The highest BCUT2D eigenvalue weighted by Crippen LogP contribution is 2.20. The Morgan fingerprint density at radius 2 is 2.04 bits per heavy atom. The number of nitrogens with zero attached hydrogens (tertiary/aromatic N) is 1. The monoisotopic (exact) mass is 416 g/mol. The first-order chi connectivity index (χ1) is 12.6. The van der Waals surface area contributed by atoms with Crippen molar-refractivity contribution in [3.8, 4) is 0 Å². The average Bonchev–Trinajstić information content (AvgIpc) is 2.96. The highest BCUT2D eigenvalue weighted by Gasteiger charge is 2.33. The molecule has 0 aromatic heterocycles. The second-order valence-corrected chi connectivity index (χ2v) is 9.69. The molecule has 27 heavy (non-hydrogen) atoms. The van der Waals surface area contributed by atoms with Gasteiger partial charge in [0.2, 0.25) is 0 Å². The van der Waals surface area contributed by atoms with Crippen LogP contribution in [0.2, 0.25) is 5.02 Å². The summed E-state index contributed by atoms with van der Waals surface area (Å²) < 4.78 is 23.2. The average molecular weight is 417 g/mol. The summed E-state index contributed by atoms with van der Waals surface area (Å²) in [6.45, 7) is 4.67. The number of nitrogens with one attached hydrogen (secondary N) is 2. The van der Waals surface area contributed by atoms with Gasteiger partial charge < -0.3 is 15.1 Å². The van der Waals surface area contributed by atoms with Gasteiger partial charge in [-0.1, -0.05) is 17.7 Å². The number of hydrogen-bond acceptors (Lipinski definition) is 4. The zero-order valence-electron chi connectivity index (χ0n) is 15.9. The number of hydrogen-bond donors (Lipinski definition) is 2. The van der Waals surface area contributed by atoms with Gasteiger partial charge in [-0.05, 0) is 38.0 Å². The minimum atomic E-state index is -3.04. The number of likely N-dealkylation sites (N-methyl/N-ethyl adjacent to an activating group) is 2. The molecule has 0 saturated carbocycles. The van der Waals surface area contributed by atoms with Crippen LogP contribution in [0, 0.1) is 6.92 Å². The van der Waals surface area contributed by atoms with Gasteiger partial charge in [0, 0.05) is 23.8 Å². The van der Waals surface area contributed by atoms with Crippen molar-refractivity contribution in [2.45, 2.75) is 26.3 Å². The second-order valence-electron chi connectivity index (χ2n) is 7.03. The van der Waals surface area contributed by atoms with Crippen molar-refractivity contribution in [3.63, 3.8) is 0 Å². The van der Waals surface area contributed by atoms with Gasteiger partial charge in [-0.25, -0.2) is 8.42 Å². The van der Waals surface area contributed by atoms with Gasteiger partial charge in [0.15, 0.2) is 22.9 Å². The Hall–Kier alpha value is -1.64. The van der Waals surface area contributed by atoms with E-state index in [0.717, 1.165) is 10.5 Å². The second kappa shape index (κ2) is 9.03. The van der Waals surface area contributed by atoms with Gasteiger partial charge in [0.1, 0.15) is 0 Å².